The number of nitrogens with one attached hydrogen (secondary N) is 1. The Bertz CT molecular complexity index is 1460. The maximum Gasteiger partial charge on any atom is 0.348 e. The van der Waals surface area contributed by atoms with E-state index in [1.54, 1.807) is 24.3 Å². The van der Waals surface area contributed by atoms with Gasteiger partial charge in [0, 0.05) is 24.3 Å². The van der Waals surface area contributed by atoms with Gasteiger partial charge in [-0.2, -0.15) is 0 Å². The van der Waals surface area contributed by atoms with E-state index >= 15 is 0 Å². The minimum absolute atomic E-state index is 0.0847. The number of ether oxygens (including phenoxy) is 1. The van der Waals surface area contributed by atoms with Gasteiger partial charge in [-0.1, -0.05) is 103 Å². The number of hydrogen-bond donors (Lipinski definition) is 2. The number of quaternary nitrogens is 1. The number of carbonyl (C=O) groups is 2. The van der Waals surface area contributed by atoms with Gasteiger partial charge in [-0.25, -0.2) is 4.79 Å². The van der Waals surface area contributed by atoms with Crippen LogP contribution >= 0.6 is 0 Å². The van der Waals surface area contributed by atoms with E-state index in [0.29, 0.717) is 29.8 Å². The Kier molecular flexibility index (Phi) is 7.92. The third-order valence-electron chi connectivity index (χ3n) is 9.10. The summed E-state index contributed by atoms with van der Waals surface area (Å²) in [6.45, 7) is 4.01. The van der Waals surface area contributed by atoms with E-state index in [0.717, 1.165) is 48.1 Å². The standard InChI is InChI=1S/C36H36N2O4/c39-34(30-18-16-28(17-19-30)27-10-4-1-5-11-27)37-22-25-38-23-20-29(21-24-38)33(26-38)42-35(40)36(41,31-12-6-2-7-13-31)32-14-8-3-9-15-32/h1-19,29,33,41H,20-26H2/p+1/t29?,33-,38?/m0/s1. The maximum atomic E-state index is 13.8. The molecule has 0 spiro atoms. The molecule has 0 aliphatic carbocycles. The lowest BCUT2D eigenvalue weighted by Crippen LogP contribution is -2.66. The van der Waals surface area contributed by atoms with E-state index in [1.807, 2.05) is 78.9 Å². The number of fused-ring (bicyclic) bond motifs is 3. The molecule has 6 nitrogen and oxygen atoms in total. The first-order valence-corrected chi connectivity index (χ1v) is 14.8. The van der Waals surface area contributed by atoms with Gasteiger partial charge < -0.3 is 19.6 Å². The summed E-state index contributed by atoms with van der Waals surface area (Å²) in [5, 5.41) is 15.0. The molecule has 2 bridgehead atoms. The second-order valence-electron chi connectivity index (χ2n) is 11.6. The van der Waals surface area contributed by atoms with Crippen LogP contribution in [0.4, 0.5) is 0 Å². The summed E-state index contributed by atoms with van der Waals surface area (Å²) in [7, 11) is 0. The second kappa shape index (κ2) is 11.9. The summed E-state index contributed by atoms with van der Waals surface area (Å²) in [6.07, 6.45) is 1.64. The molecule has 1 atom stereocenters. The molecule has 3 fully saturated rings. The Morgan fingerprint density at radius 1 is 0.762 bits per heavy atom. The van der Waals surface area contributed by atoms with Gasteiger partial charge in [-0.05, 0) is 34.4 Å². The van der Waals surface area contributed by atoms with Gasteiger partial charge in [0.2, 0.25) is 5.60 Å². The lowest BCUT2D eigenvalue weighted by molar-refractivity contribution is -0.945. The molecule has 4 aromatic rings. The molecule has 2 N–H and O–H groups in total. The molecule has 4 aromatic carbocycles. The van der Waals surface area contributed by atoms with Crippen molar-refractivity contribution in [1.29, 1.82) is 0 Å². The molecule has 0 saturated carbocycles. The third-order valence-corrected chi connectivity index (χ3v) is 9.10. The van der Waals surface area contributed by atoms with Gasteiger partial charge in [-0.3, -0.25) is 4.79 Å². The van der Waals surface area contributed by atoms with Crippen LogP contribution in [0.15, 0.2) is 115 Å². The Labute approximate surface area is 247 Å². The summed E-state index contributed by atoms with van der Waals surface area (Å²) in [5.41, 5.74) is 1.93. The summed E-state index contributed by atoms with van der Waals surface area (Å²) in [6, 6.07) is 35.8. The molecule has 3 aliphatic heterocycles. The van der Waals surface area contributed by atoms with Crippen LogP contribution in [0.1, 0.15) is 34.3 Å². The molecule has 7 rings (SSSR count). The van der Waals surface area contributed by atoms with Crippen LogP contribution in [0.5, 0.6) is 0 Å². The first kappa shape index (κ1) is 27.9. The highest BCUT2D eigenvalue weighted by Crippen LogP contribution is 2.38. The number of aliphatic hydroxyl groups is 1. The first-order chi connectivity index (χ1) is 20.5. The lowest BCUT2D eigenvalue weighted by atomic mass is 9.82. The number of rotatable bonds is 9. The Morgan fingerprint density at radius 2 is 1.29 bits per heavy atom. The number of hydrogen-bond acceptors (Lipinski definition) is 4. The topological polar surface area (TPSA) is 75.6 Å². The zero-order valence-electron chi connectivity index (χ0n) is 23.7. The van der Waals surface area contributed by atoms with E-state index in [2.05, 4.69) is 17.4 Å². The quantitative estimate of drug-likeness (QED) is 0.218. The van der Waals surface area contributed by atoms with Crippen LogP contribution < -0.4 is 5.32 Å². The molecule has 6 heteroatoms. The van der Waals surface area contributed by atoms with E-state index in [9.17, 15) is 14.7 Å². The number of nitrogens with zero attached hydrogens (tertiary/aromatic N) is 1. The van der Waals surface area contributed by atoms with Crippen molar-refractivity contribution in [3.8, 4) is 11.1 Å². The molecule has 0 unspecified atom stereocenters. The van der Waals surface area contributed by atoms with Crippen LogP contribution in [0.2, 0.25) is 0 Å². The molecule has 214 valence electrons. The lowest BCUT2D eigenvalue weighted by Gasteiger charge is -2.52. The van der Waals surface area contributed by atoms with Crippen molar-refractivity contribution in [3.63, 3.8) is 0 Å². The zero-order valence-corrected chi connectivity index (χ0v) is 23.7. The average molecular weight is 562 g/mol. The molecule has 42 heavy (non-hydrogen) atoms. The second-order valence-corrected chi connectivity index (χ2v) is 11.6. The number of esters is 1. The van der Waals surface area contributed by atoms with Crippen LogP contribution in [0.25, 0.3) is 11.1 Å². The van der Waals surface area contributed by atoms with Crippen molar-refractivity contribution in [2.75, 3.05) is 32.7 Å². The molecule has 0 aromatic heterocycles. The Morgan fingerprint density at radius 3 is 1.86 bits per heavy atom. The van der Waals surface area contributed by atoms with E-state index in [-0.39, 0.29) is 17.9 Å². The highest BCUT2D eigenvalue weighted by atomic mass is 16.6. The van der Waals surface area contributed by atoms with Gasteiger partial charge in [0.1, 0.15) is 6.54 Å². The minimum atomic E-state index is -1.89. The van der Waals surface area contributed by atoms with Crippen molar-refractivity contribution in [2.24, 2.45) is 5.92 Å². The molecule has 3 aliphatic rings. The predicted octanol–water partition coefficient (Wildman–Crippen LogP) is 5.17. The van der Waals surface area contributed by atoms with Gasteiger partial charge in [0.15, 0.2) is 6.10 Å². The fourth-order valence-corrected chi connectivity index (χ4v) is 6.61. The fraction of sp³-hybridized carbons (Fsp3) is 0.278. The molecular weight excluding hydrogens is 524 g/mol. The summed E-state index contributed by atoms with van der Waals surface area (Å²) in [5.74, 6) is -0.440. The average Bonchev–Trinajstić information content (AvgIpc) is 3.06. The largest absolute Gasteiger partial charge is 0.453 e. The van der Waals surface area contributed by atoms with Crippen molar-refractivity contribution >= 4 is 11.9 Å². The molecule has 3 saturated heterocycles. The summed E-state index contributed by atoms with van der Waals surface area (Å²) >= 11 is 0. The summed E-state index contributed by atoms with van der Waals surface area (Å²) in [4.78, 5) is 26.7. The number of amides is 1. The van der Waals surface area contributed by atoms with Gasteiger partial charge in [0.25, 0.3) is 5.91 Å². The van der Waals surface area contributed by atoms with Crippen LogP contribution in [0.3, 0.4) is 0 Å². The van der Waals surface area contributed by atoms with Crippen LogP contribution in [-0.2, 0) is 15.1 Å². The van der Waals surface area contributed by atoms with Crippen molar-refractivity contribution < 1.29 is 23.9 Å². The molecular formula is C36H37N2O4+. The van der Waals surface area contributed by atoms with Gasteiger partial charge in [-0.15, -0.1) is 0 Å². The molecule has 0 radical (unpaired) electrons. The highest BCUT2D eigenvalue weighted by Gasteiger charge is 2.50. The Balaban J connectivity index is 1.09. The first-order valence-electron chi connectivity index (χ1n) is 14.8. The van der Waals surface area contributed by atoms with E-state index in [4.69, 9.17) is 4.74 Å². The van der Waals surface area contributed by atoms with Crippen molar-refractivity contribution in [1.82, 2.24) is 5.32 Å². The fourth-order valence-electron chi connectivity index (χ4n) is 6.61. The Hall–Kier alpha value is -4.26. The molecule has 3 heterocycles. The van der Waals surface area contributed by atoms with E-state index in [1.165, 1.54) is 0 Å². The van der Waals surface area contributed by atoms with E-state index < -0.39 is 11.6 Å². The number of benzene rings is 4. The van der Waals surface area contributed by atoms with Gasteiger partial charge in [0.05, 0.1) is 26.2 Å². The van der Waals surface area contributed by atoms with Gasteiger partial charge >= 0.3 is 5.97 Å². The minimum Gasteiger partial charge on any atom is -0.453 e. The zero-order chi connectivity index (χ0) is 29.0. The molecule has 1 amide bonds. The highest BCUT2D eigenvalue weighted by molar-refractivity contribution is 5.94. The third kappa shape index (κ3) is 5.60. The summed E-state index contributed by atoms with van der Waals surface area (Å²) < 4.78 is 6.98. The number of piperidine rings is 3. The normalized spacial score (nSPS) is 21.5. The van der Waals surface area contributed by atoms with Crippen molar-refractivity contribution in [2.45, 2.75) is 24.5 Å². The van der Waals surface area contributed by atoms with Crippen molar-refractivity contribution in [3.05, 3.63) is 132 Å². The predicted molar refractivity (Wildman–Crippen MR) is 162 cm³/mol. The van der Waals surface area contributed by atoms with Crippen LogP contribution in [0, 0.1) is 5.92 Å². The smallest absolute Gasteiger partial charge is 0.348 e. The van der Waals surface area contributed by atoms with Crippen LogP contribution in [-0.4, -0.2) is 60.3 Å². The number of carbonyl (C=O) groups excluding carboxylic acids is 2. The SMILES string of the molecule is O=C(NCC[N+]12CCC(CC1)[C@@H](OC(=O)C(O)(c1ccccc1)c1ccccc1)C2)c1ccc(-c2ccccc2)cc1. The maximum absolute atomic E-state index is 13.8. The monoisotopic (exact) mass is 561 g/mol.